The molecule has 4 aromatic rings. The van der Waals surface area contributed by atoms with E-state index in [2.05, 4.69) is 32.4 Å². The van der Waals surface area contributed by atoms with E-state index in [-0.39, 0.29) is 5.69 Å². The molecular formula is C27H27N5O3. The van der Waals surface area contributed by atoms with Crippen LogP contribution in [0.25, 0.3) is 21.9 Å². The third-order valence-corrected chi connectivity index (χ3v) is 6.73. The zero-order valence-electron chi connectivity index (χ0n) is 19.4. The molecule has 1 aliphatic heterocycles. The summed E-state index contributed by atoms with van der Waals surface area (Å²) in [5.74, 6) is 0. The molecule has 35 heavy (non-hydrogen) atoms. The minimum Gasteiger partial charge on any atom is -0.421 e. The van der Waals surface area contributed by atoms with Crippen molar-refractivity contribution in [3.8, 4) is 6.07 Å². The molecule has 8 nitrogen and oxygen atoms in total. The molecule has 8 heteroatoms. The van der Waals surface area contributed by atoms with E-state index in [1.165, 1.54) is 5.56 Å². The Bertz CT molecular complexity index is 1460. The standard InChI is InChI=1S/C27H27N5O3/c28-16-19-4-6-24-23(13-19)20(17-29-24)3-1-2-8-31-9-11-32(12-10-31)22-5-7-26-21(14-22)15-25(30-18-33)27(34)35-26/h4-7,13-15,17-18,29H,1-3,8-12H2,(H,30,33). The monoisotopic (exact) mass is 469 g/mol. The summed E-state index contributed by atoms with van der Waals surface area (Å²) in [6, 6.07) is 15.5. The maximum Gasteiger partial charge on any atom is 0.360 e. The fourth-order valence-electron chi connectivity index (χ4n) is 4.81. The number of anilines is 2. The summed E-state index contributed by atoms with van der Waals surface area (Å²) in [6.07, 6.45) is 5.79. The quantitative estimate of drug-likeness (QED) is 0.231. The van der Waals surface area contributed by atoms with Crippen molar-refractivity contribution >= 4 is 39.7 Å². The highest BCUT2D eigenvalue weighted by molar-refractivity contribution is 5.86. The van der Waals surface area contributed by atoms with E-state index in [9.17, 15) is 9.59 Å². The van der Waals surface area contributed by atoms with Gasteiger partial charge < -0.3 is 19.6 Å². The first-order chi connectivity index (χ1) is 17.1. The van der Waals surface area contributed by atoms with E-state index >= 15 is 0 Å². The van der Waals surface area contributed by atoms with Crippen LogP contribution >= 0.6 is 0 Å². The van der Waals surface area contributed by atoms with Crippen LogP contribution in [0.4, 0.5) is 11.4 Å². The van der Waals surface area contributed by atoms with Crippen LogP contribution in [0.3, 0.4) is 0 Å². The van der Waals surface area contributed by atoms with E-state index in [4.69, 9.17) is 9.68 Å². The number of nitrogens with one attached hydrogen (secondary N) is 2. The molecule has 0 radical (unpaired) electrons. The van der Waals surface area contributed by atoms with Crippen molar-refractivity contribution in [3.63, 3.8) is 0 Å². The third-order valence-electron chi connectivity index (χ3n) is 6.73. The topological polar surface area (TPSA) is 105 Å². The van der Waals surface area contributed by atoms with Crippen molar-refractivity contribution in [2.75, 3.05) is 42.9 Å². The van der Waals surface area contributed by atoms with Gasteiger partial charge in [0.1, 0.15) is 11.3 Å². The van der Waals surface area contributed by atoms with Crippen LogP contribution in [0, 0.1) is 11.3 Å². The van der Waals surface area contributed by atoms with Crippen LogP contribution in [-0.4, -0.2) is 49.0 Å². The van der Waals surface area contributed by atoms with E-state index < -0.39 is 5.63 Å². The highest BCUT2D eigenvalue weighted by Crippen LogP contribution is 2.25. The van der Waals surface area contributed by atoms with E-state index in [1.54, 1.807) is 6.07 Å². The highest BCUT2D eigenvalue weighted by Gasteiger charge is 2.18. The van der Waals surface area contributed by atoms with Crippen molar-refractivity contribution in [2.45, 2.75) is 19.3 Å². The number of piperazine rings is 1. The molecule has 1 amide bonds. The van der Waals surface area contributed by atoms with Gasteiger partial charge in [-0.15, -0.1) is 0 Å². The second-order valence-electron chi connectivity index (χ2n) is 8.90. The lowest BCUT2D eigenvalue weighted by molar-refractivity contribution is -0.105. The highest BCUT2D eigenvalue weighted by atomic mass is 16.4. The molecule has 0 saturated carbocycles. The second kappa shape index (κ2) is 10.0. The lowest BCUT2D eigenvalue weighted by Crippen LogP contribution is -2.46. The number of benzene rings is 2. The Balaban J connectivity index is 1.13. The van der Waals surface area contributed by atoms with Crippen LogP contribution in [0.1, 0.15) is 24.0 Å². The molecule has 0 bridgehead atoms. The van der Waals surface area contributed by atoms with Gasteiger partial charge in [-0.2, -0.15) is 5.26 Å². The van der Waals surface area contributed by atoms with Gasteiger partial charge in [0, 0.05) is 54.4 Å². The molecule has 1 saturated heterocycles. The number of H-pyrrole nitrogens is 1. The van der Waals surface area contributed by atoms with Crippen LogP contribution in [0.2, 0.25) is 0 Å². The van der Waals surface area contributed by atoms with Crippen LogP contribution in [-0.2, 0) is 11.2 Å². The molecule has 1 fully saturated rings. The molecular weight excluding hydrogens is 442 g/mol. The number of amides is 1. The number of hydrogen-bond acceptors (Lipinski definition) is 6. The number of aromatic nitrogens is 1. The molecule has 1 aliphatic rings. The predicted molar refractivity (Wildman–Crippen MR) is 137 cm³/mol. The summed E-state index contributed by atoms with van der Waals surface area (Å²) in [5, 5.41) is 13.5. The molecule has 2 aromatic carbocycles. The van der Waals surface area contributed by atoms with Gasteiger partial charge in [-0.25, -0.2) is 4.79 Å². The van der Waals surface area contributed by atoms with Gasteiger partial charge in [-0.3, -0.25) is 9.69 Å². The Hall–Kier alpha value is -4.09. The Kier molecular flexibility index (Phi) is 6.51. The average molecular weight is 470 g/mol. The van der Waals surface area contributed by atoms with Crippen molar-refractivity contribution in [1.29, 1.82) is 5.26 Å². The van der Waals surface area contributed by atoms with E-state index in [0.29, 0.717) is 17.6 Å². The zero-order chi connectivity index (χ0) is 24.2. The van der Waals surface area contributed by atoms with Crippen LogP contribution < -0.4 is 15.8 Å². The Labute approximate surface area is 202 Å². The number of aryl methyl sites for hydroxylation is 1. The maximum atomic E-state index is 11.9. The molecule has 0 spiro atoms. The summed E-state index contributed by atoms with van der Waals surface area (Å²) < 4.78 is 5.30. The van der Waals surface area contributed by atoms with Crippen molar-refractivity contribution < 1.29 is 9.21 Å². The van der Waals surface area contributed by atoms with Gasteiger partial charge in [-0.1, -0.05) is 0 Å². The minimum absolute atomic E-state index is 0.146. The van der Waals surface area contributed by atoms with E-state index in [0.717, 1.165) is 74.0 Å². The summed E-state index contributed by atoms with van der Waals surface area (Å²) >= 11 is 0. The SMILES string of the molecule is N#Cc1ccc2[nH]cc(CCCCN3CCN(c4ccc5oc(=O)c(NC=O)cc5c4)CC3)c2c1. The fraction of sp³-hybridized carbons (Fsp3) is 0.296. The number of carbonyl (C=O) groups is 1. The molecule has 5 rings (SSSR count). The Morgan fingerprint density at radius 1 is 1.09 bits per heavy atom. The van der Waals surface area contributed by atoms with Crippen LogP contribution in [0.5, 0.6) is 0 Å². The molecule has 2 N–H and O–H groups in total. The van der Waals surface area contributed by atoms with Gasteiger partial charge in [0.2, 0.25) is 6.41 Å². The minimum atomic E-state index is -0.553. The molecule has 178 valence electrons. The van der Waals surface area contributed by atoms with Crippen molar-refractivity contribution in [1.82, 2.24) is 9.88 Å². The number of hydrogen-bond donors (Lipinski definition) is 2. The molecule has 0 atom stereocenters. The number of fused-ring (bicyclic) bond motifs is 2. The van der Waals surface area contributed by atoms with Gasteiger partial charge in [-0.05, 0) is 73.8 Å². The lowest BCUT2D eigenvalue weighted by atomic mass is 10.1. The number of nitriles is 1. The first-order valence-corrected chi connectivity index (χ1v) is 11.9. The first-order valence-electron chi connectivity index (χ1n) is 11.9. The Morgan fingerprint density at radius 3 is 2.74 bits per heavy atom. The third kappa shape index (κ3) is 4.91. The first kappa shape index (κ1) is 22.7. The second-order valence-corrected chi connectivity index (χ2v) is 8.90. The van der Waals surface area contributed by atoms with Crippen molar-refractivity contribution in [2.24, 2.45) is 0 Å². The average Bonchev–Trinajstić information content (AvgIpc) is 3.29. The maximum absolute atomic E-state index is 11.9. The zero-order valence-corrected chi connectivity index (χ0v) is 19.4. The molecule has 0 aliphatic carbocycles. The fourth-order valence-corrected chi connectivity index (χ4v) is 4.81. The van der Waals surface area contributed by atoms with Gasteiger partial charge in [0.05, 0.1) is 11.6 Å². The summed E-state index contributed by atoms with van der Waals surface area (Å²) in [6.45, 7) is 4.93. The van der Waals surface area contributed by atoms with Gasteiger partial charge in [0.15, 0.2) is 0 Å². The Morgan fingerprint density at radius 2 is 1.94 bits per heavy atom. The number of carbonyl (C=O) groups excluding carboxylic acids is 1. The molecule has 2 aromatic heterocycles. The number of unbranched alkanes of at least 4 members (excludes halogenated alkanes) is 1. The number of nitrogens with zero attached hydrogens (tertiary/aromatic N) is 3. The molecule has 0 unspecified atom stereocenters. The predicted octanol–water partition coefficient (Wildman–Crippen LogP) is 3.86. The number of rotatable bonds is 8. The van der Waals surface area contributed by atoms with E-state index in [1.807, 2.05) is 36.4 Å². The normalized spacial score (nSPS) is 14.3. The number of aromatic amines is 1. The summed E-state index contributed by atoms with van der Waals surface area (Å²) in [7, 11) is 0. The van der Waals surface area contributed by atoms with Crippen molar-refractivity contribution in [3.05, 3.63) is 70.2 Å². The lowest BCUT2D eigenvalue weighted by Gasteiger charge is -2.36. The molecule has 3 heterocycles. The summed E-state index contributed by atoms with van der Waals surface area (Å²) in [5.41, 5.74) is 4.25. The largest absolute Gasteiger partial charge is 0.421 e. The van der Waals surface area contributed by atoms with Gasteiger partial charge >= 0.3 is 5.63 Å². The van der Waals surface area contributed by atoms with Gasteiger partial charge in [0.25, 0.3) is 0 Å². The smallest absolute Gasteiger partial charge is 0.360 e. The summed E-state index contributed by atoms with van der Waals surface area (Å²) in [4.78, 5) is 30.8. The van der Waals surface area contributed by atoms with Crippen LogP contribution in [0.15, 0.2) is 57.9 Å².